The molecule has 0 radical (unpaired) electrons. The minimum absolute atomic E-state index is 0.282. The van der Waals surface area contributed by atoms with Gasteiger partial charge in [-0.3, -0.25) is 4.79 Å². The Bertz CT molecular complexity index is 740. The van der Waals surface area contributed by atoms with Gasteiger partial charge < -0.3 is 14.2 Å². The molecule has 0 saturated heterocycles. The quantitative estimate of drug-likeness (QED) is 0.520. The second-order valence-corrected chi connectivity index (χ2v) is 5.66. The van der Waals surface area contributed by atoms with Gasteiger partial charge in [0.1, 0.15) is 0 Å². The van der Waals surface area contributed by atoms with E-state index in [0.717, 1.165) is 6.42 Å². The zero-order valence-electron chi connectivity index (χ0n) is 14.1. The predicted octanol–water partition coefficient (Wildman–Crippen LogP) is 4.18. The number of esters is 1. The lowest BCUT2D eigenvalue weighted by Gasteiger charge is -2.11. The SMILES string of the molecule is CCCOc1ccc(C(=O)OCC(=O)c2ccc(Cl)cc2)cc1OC. The molecule has 0 amide bonds. The third-order valence-corrected chi connectivity index (χ3v) is 3.61. The van der Waals surface area contributed by atoms with Gasteiger partial charge in [-0.2, -0.15) is 0 Å². The van der Waals surface area contributed by atoms with Crippen LogP contribution in [-0.2, 0) is 4.74 Å². The highest BCUT2D eigenvalue weighted by atomic mass is 35.5. The average Bonchev–Trinajstić information content (AvgIpc) is 2.64. The Hall–Kier alpha value is -2.53. The molecular weight excluding hydrogens is 344 g/mol. The van der Waals surface area contributed by atoms with Crippen LogP contribution in [0.15, 0.2) is 42.5 Å². The molecule has 0 saturated carbocycles. The fourth-order valence-corrected chi connectivity index (χ4v) is 2.19. The lowest BCUT2D eigenvalue weighted by molar-refractivity contribution is 0.0474. The number of carbonyl (C=O) groups excluding carboxylic acids is 2. The molecule has 6 heteroatoms. The van der Waals surface area contributed by atoms with Gasteiger partial charge in [0.2, 0.25) is 0 Å². The molecule has 0 atom stereocenters. The molecule has 0 fully saturated rings. The van der Waals surface area contributed by atoms with Crippen molar-refractivity contribution in [2.75, 3.05) is 20.3 Å². The van der Waals surface area contributed by atoms with E-state index in [2.05, 4.69) is 0 Å². The second-order valence-electron chi connectivity index (χ2n) is 5.22. The van der Waals surface area contributed by atoms with Crippen molar-refractivity contribution in [2.24, 2.45) is 0 Å². The highest BCUT2D eigenvalue weighted by molar-refractivity contribution is 6.30. The number of ether oxygens (including phenoxy) is 3. The number of Topliss-reactive ketones (excluding diaryl/α,β-unsaturated/α-hetero) is 1. The van der Waals surface area contributed by atoms with Crippen LogP contribution in [0.2, 0.25) is 5.02 Å². The van der Waals surface area contributed by atoms with E-state index in [1.165, 1.54) is 13.2 Å². The Labute approximate surface area is 151 Å². The summed E-state index contributed by atoms with van der Waals surface area (Å²) in [6.07, 6.45) is 0.861. The lowest BCUT2D eigenvalue weighted by atomic mass is 10.1. The fraction of sp³-hybridized carbons (Fsp3) is 0.263. The molecule has 0 N–H and O–H groups in total. The molecule has 0 aliphatic carbocycles. The highest BCUT2D eigenvalue weighted by Crippen LogP contribution is 2.28. The van der Waals surface area contributed by atoms with Crippen LogP contribution >= 0.6 is 11.6 Å². The molecule has 0 aliphatic heterocycles. The normalized spacial score (nSPS) is 10.2. The summed E-state index contributed by atoms with van der Waals surface area (Å²) in [5, 5.41) is 0.533. The minimum atomic E-state index is -0.609. The smallest absolute Gasteiger partial charge is 0.338 e. The van der Waals surface area contributed by atoms with E-state index in [-0.39, 0.29) is 18.0 Å². The Morgan fingerprint density at radius 3 is 2.32 bits per heavy atom. The van der Waals surface area contributed by atoms with Crippen LogP contribution < -0.4 is 9.47 Å². The van der Waals surface area contributed by atoms with Crippen LogP contribution in [0, 0.1) is 0 Å². The molecule has 0 bridgehead atoms. The lowest BCUT2D eigenvalue weighted by Crippen LogP contribution is -2.14. The Morgan fingerprint density at radius 1 is 1.00 bits per heavy atom. The topological polar surface area (TPSA) is 61.8 Å². The molecule has 0 aliphatic rings. The summed E-state index contributed by atoms with van der Waals surface area (Å²) in [4.78, 5) is 24.2. The molecule has 2 aromatic carbocycles. The number of benzene rings is 2. The van der Waals surface area contributed by atoms with Gasteiger partial charge in [0, 0.05) is 10.6 Å². The van der Waals surface area contributed by atoms with E-state index in [1.807, 2.05) is 6.92 Å². The number of hydrogen-bond donors (Lipinski definition) is 0. The number of rotatable bonds is 8. The van der Waals surface area contributed by atoms with Crippen LogP contribution in [0.4, 0.5) is 0 Å². The molecule has 5 nitrogen and oxygen atoms in total. The van der Waals surface area contributed by atoms with Gasteiger partial charge in [0.25, 0.3) is 0 Å². The number of carbonyl (C=O) groups is 2. The van der Waals surface area contributed by atoms with Gasteiger partial charge in [-0.25, -0.2) is 4.79 Å². The molecule has 0 unspecified atom stereocenters. The Morgan fingerprint density at radius 2 is 1.68 bits per heavy atom. The van der Waals surface area contributed by atoms with Gasteiger partial charge in [-0.05, 0) is 48.9 Å². The van der Waals surface area contributed by atoms with Crippen LogP contribution in [0.25, 0.3) is 0 Å². The largest absolute Gasteiger partial charge is 0.493 e. The second kappa shape index (κ2) is 9.08. The summed E-state index contributed by atoms with van der Waals surface area (Å²) in [6.45, 7) is 2.20. The summed E-state index contributed by atoms with van der Waals surface area (Å²) >= 11 is 5.78. The van der Waals surface area contributed by atoms with Crippen molar-refractivity contribution >= 4 is 23.4 Å². The first-order valence-corrected chi connectivity index (χ1v) is 8.19. The Kier molecular flexibility index (Phi) is 6.83. The van der Waals surface area contributed by atoms with E-state index in [9.17, 15) is 9.59 Å². The maximum atomic E-state index is 12.1. The first kappa shape index (κ1) is 18.8. The molecule has 0 spiro atoms. The van der Waals surface area contributed by atoms with Crippen LogP contribution in [0.1, 0.15) is 34.1 Å². The van der Waals surface area contributed by atoms with E-state index in [1.54, 1.807) is 36.4 Å². The first-order chi connectivity index (χ1) is 12.0. The zero-order chi connectivity index (χ0) is 18.2. The summed E-state index contributed by atoms with van der Waals surface area (Å²) in [5.41, 5.74) is 0.711. The van der Waals surface area contributed by atoms with E-state index in [0.29, 0.717) is 28.7 Å². The van der Waals surface area contributed by atoms with Gasteiger partial charge in [-0.15, -0.1) is 0 Å². The van der Waals surface area contributed by atoms with Crippen LogP contribution in [0.3, 0.4) is 0 Å². The number of halogens is 1. The van der Waals surface area contributed by atoms with Gasteiger partial charge >= 0.3 is 5.97 Å². The van der Waals surface area contributed by atoms with Crippen molar-refractivity contribution in [1.82, 2.24) is 0 Å². The molecular formula is C19H19ClO5. The predicted molar refractivity (Wildman–Crippen MR) is 94.8 cm³/mol. The first-order valence-electron chi connectivity index (χ1n) is 7.82. The van der Waals surface area contributed by atoms with Crippen LogP contribution in [0.5, 0.6) is 11.5 Å². The molecule has 25 heavy (non-hydrogen) atoms. The molecule has 2 rings (SSSR count). The van der Waals surface area contributed by atoms with Crippen molar-refractivity contribution in [3.8, 4) is 11.5 Å². The van der Waals surface area contributed by atoms with Crippen molar-refractivity contribution in [3.63, 3.8) is 0 Å². The molecule has 0 aromatic heterocycles. The third-order valence-electron chi connectivity index (χ3n) is 3.36. The third kappa shape index (κ3) is 5.22. The standard InChI is InChI=1S/C19H19ClO5/c1-3-10-24-17-9-6-14(11-18(17)23-2)19(22)25-12-16(21)13-4-7-15(20)8-5-13/h4-9,11H,3,10,12H2,1-2H3. The van der Waals surface area contributed by atoms with E-state index in [4.69, 9.17) is 25.8 Å². The number of ketones is 1. The monoisotopic (exact) mass is 362 g/mol. The Balaban J connectivity index is 2.00. The summed E-state index contributed by atoms with van der Waals surface area (Å²) in [7, 11) is 1.49. The van der Waals surface area contributed by atoms with Crippen molar-refractivity contribution in [3.05, 3.63) is 58.6 Å². The molecule has 2 aromatic rings. The van der Waals surface area contributed by atoms with Gasteiger partial charge in [0.15, 0.2) is 23.9 Å². The number of hydrogen-bond acceptors (Lipinski definition) is 5. The molecule has 132 valence electrons. The van der Waals surface area contributed by atoms with E-state index >= 15 is 0 Å². The van der Waals surface area contributed by atoms with Crippen molar-refractivity contribution in [2.45, 2.75) is 13.3 Å². The maximum Gasteiger partial charge on any atom is 0.338 e. The summed E-state index contributed by atoms with van der Waals surface area (Å²) in [6, 6.07) is 11.1. The van der Waals surface area contributed by atoms with Crippen molar-refractivity contribution < 1.29 is 23.8 Å². The highest BCUT2D eigenvalue weighted by Gasteiger charge is 2.14. The zero-order valence-corrected chi connectivity index (χ0v) is 14.8. The summed E-state index contributed by atoms with van der Waals surface area (Å²) in [5.74, 6) is 0.0765. The van der Waals surface area contributed by atoms with E-state index < -0.39 is 5.97 Å². The van der Waals surface area contributed by atoms with Crippen LogP contribution in [-0.4, -0.2) is 32.1 Å². The minimum Gasteiger partial charge on any atom is -0.493 e. The average molecular weight is 363 g/mol. The molecule has 0 heterocycles. The van der Waals surface area contributed by atoms with Gasteiger partial charge in [-0.1, -0.05) is 18.5 Å². The fourth-order valence-electron chi connectivity index (χ4n) is 2.06. The summed E-state index contributed by atoms with van der Waals surface area (Å²) < 4.78 is 15.8. The number of methoxy groups -OCH3 is 1. The van der Waals surface area contributed by atoms with Gasteiger partial charge in [0.05, 0.1) is 19.3 Å². The maximum absolute atomic E-state index is 12.1. The van der Waals surface area contributed by atoms with Crippen molar-refractivity contribution in [1.29, 1.82) is 0 Å².